The third-order valence-corrected chi connectivity index (χ3v) is 4.11. The highest BCUT2D eigenvalue weighted by Crippen LogP contribution is 2.34. The third-order valence-electron chi connectivity index (χ3n) is 4.11. The van der Waals surface area contributed by atoms with Crippen molar-refractivity contribution in [2.75, 3.05) is 0 Å². The highest BCUT2D eigenvalue weighted by Gasteiger charge is 2.26. The Bertz CT molecular complexity index is 669. The van der Waals surface area contributed by atoms with Crippen molar-refractivity contribution >= 4 is 0 Å². The van der Waals surface area contributed by atoms with Crippen LogP contribution in [0.1, 0.15) is 42.1 Å². The monoisotopic (exact) mass is 291 g/mol. The summed E-state index contributed by atoms with van der Waals surface area (Å²) in [5.74, 6) is -1.87. The average molecular weight is 291 g/mol. The average Bonchev–Trinajstić information content (AvgIpc) is 2.86. The van der Waals surface area contributed by atoms with Crippen LogP contribution in [0.5, 0.6) is 0 Å². The van der Waals surface area contributed by atoms with E-state index < -0.39 is 11.6 Å². The van der Waals surface area contributed by atoms with Crippen LogP contribution in [0.3, 0.4) is 0 Å². The van der Waals surface area contributed by atoms with Gasteiger partial charge in [-0.3, -0.25) is 0 Å². The van der Waals surface area contributed by atoms with Crippen LogP contribution < -0.4 is 5.32 Å². The molecule has 1 aliphatic rings. The minimum Gasteiger partial charge on any atom is -0.303 e. The van der Waals surface area contributed by atoms with E-state index in [0.717, 1.165) is 23.6 Å². The van der Waals surface area contributed by atoms with Crippen LogP contribution in [0.25, 0.3) is 0 Å². The highest BCUT2D eigenvalue weighted by atomic mass is 19.2. The number of hydrogen-bond donors (Lipinski definition) is 1. The van der Waals surface area contributed by atoms with Crippen molar-refractivity contribution in [2.45, 2.75) is 31.8 Å². The Hall–Kier alpha value is -1.81. The van der Waals surface area contributed by atoms with Crippen LogP contribution in [0, 0.1) is 17.5 Å². The van der Waals surface area contributed by atoms with E-state index in [-0.39, 0.29) is 17.9 Å². The third kappa shape index (κ3) is 2.68. The van der Waals surface area contributed by atoms with Gasteiger partial charge in [0.05, 0.1) is 0 Å². The molecule has 3 rings (SSSR count). The smallest absolute Gasteiger partial charge is 0.159 e. The maximum absolute atomic E-state index is 13.7. The van der Waals surface area contributed by atoms with Crippen molar-refractivity contribution in [3.8, 4) is 0 Å². The minimum atomic E-state index is -0.848. The molecule has 1 aliphatic carbocycles. The summed E-state index contributed by atoms with van der Waals surface area (Å²) >= 11 is 0. The molecule has 0 spiro atoms. The number of nitrogens with one attached hydrogen (secondary N) is 1. The molecular formula is C17H16F3N. The van der Waals surface area contributed by atoms with Gasteiger partial charge in [-0.2, -0.15) is 0 Å². The number of rotatable bonds is 3. The molecule has 2 atom stereocenters. The number of benzene rings is 2. The Morgan fingerprint density at radius 1 is 1.05 bits per heavy atom. The Morgan fingerprint density at radius 2 is 1.86 bits per heavy atom. The predicted molar refractivity (Wildman–Crippen MR) is 75.4 cm³/mol. The van der Waals surface area contributed by atoms with Crippen LogP contribution in [0.2, 0.25) is 0 Å². The lowest BCUT2D eigenvalue weighted by Crippen LogP contribution is -2.23. The first-order valence-corrected chi connectivity index (χ1v) is 7.04. The van der Waals surface area contributed by atoms with Gasteiger partial charge in [-0.25, -0.2) is 13.2 Å². The Labute approximate surface area is 121 Å². The molecule has 2 unspecified atom stereocenters. The molecule has 0 saturated heterocycles. The molecule has 0 saturated carbocycles. The number of hydrogen-bond acceptors (Lipinski definition) is 1. The Morgan fingerprint density at radius 3 is 2.62 bits per heavy atom. The largest absolute Gasteiger partial charge is 0.303 e. The molecular weight excluding hydrogens is 275 g/mol. The van der Waals surface area contributed by atoms with Crippen LogP contribution in [-0.4, -0.2) is 0 Å². The van der Waals surface area contributed by atoms with E-state index in [1.54, 1.807) is 12.1 Å². The van der Waals surface area contributed by atoms with E-state index in [4.69, 9.17) is 0 Å². The SMILES string of the molecule is CC(NC1CCc2c(F)cccc21)c1ccc(F)c(F)c1. The number of halogens is 3. The zero-order valence-electron chi connectivity index (χ0n) is 11.7. The summed E-state index contributed by atoms with van der Waals surface area (Å²) in [6, 6.07) is 8.90. The van der Waals surface area contributed by atoms with Crippen LogP contribution >= 0.6 is 0 Å². The zero-order chi connectivity index (χ0) is 15.0. The summed E-state index contributed by atoms with van der Waals surface area (Å²) in [7, 11) is 0. The fraction of sp³-hybridized carbons (Fsp3) is 0.294. The molecule has 2 aromatic carbocycles. The van der Waals surface area contributed by atoms with Gasteiger partial charge in [0, 0.05) is 12.1 Å². The summed E-state index contributed by atoms with van der Waals surface area (Å²) in [5.41, 5.74) is 2.40. The van der Waals surface area contributed by atoms with Crippen LogP contribution in [0.15, 0.2) is 36.4 Å². The number of fused-ring (bicyclic) bond motifs is 1. The van der Waals surface area contributed by atoms with Gasteiger partial charge < -0.3 is 5.32 Å². The zero-order valence-corrected chi connectivity index (χ0v) is 11.7. The van der Waals surface area contributed by atoms with E-state index in [2.05, 4.69) is 5.32 Å². The molecule has 110 valence electrons. The second kappa shape index (κ2) is 5.53. The first-order valence-electron chi connectivity index (χ1n) is 7.04. The molecule has 0 radical (unpaired) electrons. The van der Waals surface area contributed by atoms with Gasteiger partial charge in [0.2, 0.25) is 0 Å². The Kier molecular flexibility index (Phi) is 3.72. The van der Waals surface area contributed by atoms with E-state index in [9.17, 15) is 13.2 Å². The van der Waals surface area contributed by atoms with Crippen molar-refractivity contribution < 1.29 is 13.2 Å². The standard InChI is InChI=1S/C17H16F3N/c1-10(11-5-7-15(19)16(20)9-11)21-17-8-6-12-13(17)3-2-4-14(12)18/h2-5,7,9-10,17,21H,6,8H2,1H3. The van der Waals surface area contributed by atoms with Crippen LogP contribution in [-0.2, 0) is 6.42 Å². The van der Waals surface area contributed by atoms with Gasteiger partial charge >= 0.3 is 0 Å². The van der Waals surface area contributed by atoms with E-state index >= 15 is 0 Å². The maximum Gasteiger partial charge on any atom is 0.159 e. The van der Waals surface area contributed by atoms with Crippen LogP contribution in [0.4, 0.5) is 13.2 Å². The summed E-state index contributed by atoms with van der Waals surface area (Å²) in [6.45, 7) is 1.89. The molecule has 1 N–H and O–H groups in total. The summed E-state index contributed by atoms with van der Waals surface area (Å²) in [6.07, 6.45) is 1.51. The summed E-state index contributed by atoms with van der Waals surface area (Å²) in [5, 5.41) is 3.37. The lowest BCUT2D eigenvalue weighted by molar-refractivity contribution is 0.458. The van der Waals surface area contributed by atoms with Crippen molar-refractivity contribution in [1.29, 1.82) is 0 Å². The quantitative estimate of drug-likeness (QED) is 0.881. The molecule has 1 nitrogen and oxygen atoms in total. The first kappa shape index (κ1) is 14.1. The van der Waals surface area contributed by atoms with Gasteiger partial charge in [0.15, 0.2) is 11.6 Å². The normalized spacial score (nSPS) is 18.6. The second-order valence-corrected chi connectivity index (χ2v) is 5.46. The Balaban J connectivity index is 1.79. The second-order valence-electron chi connectivity index (χ2n) is 5.46. The van der Waals surface area contributed by atoms with Gasteiger partial charge in [0.25, 0.3) is 0 Å². The van der Waals surface area contributed by atoms with Gasteiger partial charge in [-0.1, -0.05) is 18.2 Å². The molecule has 0 fully saturated rings. The molecule has 0 bridgehead atoms. The predicted octanol–water partition coefficient (Wildman–Crippen LogP) is 4.44. The maximum atomic E-state index is 13.7. The topological polar surface area (TPSA) is 12.0 Å². The lowest BCUT2D eigenvalue weighted by atomic mass is 10.0. The minimum absolute atomic E-state index is 0.0406. The summed E-state index contributed by atoms with van der Waals surface area (Å²) in [4.78, 5) is 0. The van der Waals surface area contributed by atoms with Crippen molar-refractivity contribution in [2.24, 2.45) is 0 Å². The fourth-order valence-electron chi connectivity index (χ4n) is 2.96. The molecule has 21 heavy (non-hydrogen) atoms. The molecule has 0 heterocycles. The highest BCUT2D eigenvalue weighted by molar-refractivity contribution is 5.36. The van der Waals surface area contributed by atoms with Gasteiger partial charge in [-0.15, -0.1) is 0 Å². The fourth-order valence-corrected chi connectivity index (χ4v) is 2.96. The lowest BCUT2D eigenvalue weighted by Gasteiger charge is -2.21. The van der Waals surface area contributed by atoms with E-state index in [0.29, 0.717) is 12.0 Å². The van der Waals surface area contributed by atoms with Crippen molar-refractivity contribution in [1.82, 2.24) is 5.32 Å². The van der Waals surface area contributed by atoms with Crippen molar-refractivity contribution in [3.05, 3.63) is 70.5 Å². The molecule has 2 aromatic rings. The van der Waals surface area contributed by atoms with E-state index in [1.165, 1.54) is 12.1 Å². The molecule has 0 aliphatic heterocycles. The van der Waals surface area contributed by atoms with Gasteiger partial charge in [-0.05, 0) is 54.7 Å². The molecule has 0 amide bonds. The van der Waals surface area contributed by atoms with E-state index in [1.807, 2.05) is 13.0 Å². The van der Waals surface area contributed by atoms with Gasteiger partial charge in [0.1, 0.15) is 5.82 Å². The first-order chi connectivity index (χ1) is 10.1. The molecule has 4 heteroatoms. The molecule has 0 aromatic heterocycles. The van der Waals surface area contributed by atoms with Crippen molar-refractivity contribution in [3.63, 3.8) is 0 Å². The summed E-state index contributed by atoms with van der Waals surface area (Å²) < 4.78 is 40.0.